The highest BCUT2D eigenvalue weighted by Gasteiger charge is 2.32. The summed E-state index contributed by atoms with van der Waals surface area (Å²) >= 11 is 5.90. The molecule has 1 unspecified atom stereocenters. The van der Waals surface area contributed by atoms with Gasteiger partial charge in [-0.1, -0.05) is 24.3 Å². The van der Waals surface area contributed by atoms with Gasteiger partial charge in [0.25, 0.3) is 0 Å². The van der Waals surface area contributed by atoms with Crippen LogP contribution in [0.15, 0.2) is 24.3 Å². The Bertz CT molecular complexity index is 487. The zero-order chi connectivity index (χ0) is 11.8. The second-order valence-corrected chi connectivity index (χ2v) is 6.24. The number of nitrogens with zero attached hydrogens (tertiary/aromatic N) is 1. The average Bonchev–Trinajstić information content (AvgIpc) is 2.26. The van der Waals surface area contributed by atoms with Crippen LogP contribution in [-0.2, 0) is 16.4 Å². The average molecular weight is 260 g/mol. The molecule has 0 radical (unpaired) electrons. The third kappa shape index (κ3) is 2.10. The zero-order valence-electron chi connectivity index (χ0n) is 9.06. The van der Waals surface area contributed by atoms with Crippen LogP contribution >= 0.6 is 11.6 Å². The van der Waals surface area contributed by atoms with E-state index in [-0.39, 0.29) is 6.04 Å². The lowest BCUT2D eigenvalue weighted by atomic mass is 9.95. The third-order valence-corrected chi connectivity index (χ3v) is 4.52. The Hall–Kier alpha value is -0.580. The van der Waals surface area contributed by atoms with Crippen LogP contribution in [0.3, 0.4) is 0 Å². The van der Waals surface area contributed by atoms with Gasteiger partial charge in [0.1, 0.15) is 0 Å². The van der Waals surface area contributed by atoms with E-state index in [0.717, 1.165) is 12.0 Å². The fourth-order valence-corrected chi connectivity index (χ4v) is 3.67. The van der Waals surface area contributed by atoms with E-state index in [1.165, 1.54) is 16.1 Å². The molecular weight excluding hydrogens is 246 g/mol. The molecule has 0 amide bonds. The van der Waals surface area contributed by atoms with E-state index in [1.54, 1.807) is 0 Å². The van der Waals surface area contributed by atoms with Crippen LogP contribution in [-0.4, -0.2) is 31.4 Å². The standard InChI is InChI=1S/C11H14ClNO2S/c1-16(14,15)13-7-6-9-4-2-3-5-10(9)11(13)8-12/h2-5,11H,6-8H2,1H3. The van der Waals surface area contributed by atoms with E-state index in [9.17, 15) is 8.42 Å². The molecule has 3 nitrogen and oxygen atoms in total. The first-order valence-electron chi connectivity index (χ1n) is 5.14. The molecule has 0 fully saturated rings. The maximum atomic E-state index is 11.6. The predicted octanol–water partition coefficient (Wildman–Crippen LogP) is 1.78. The normalized spacial score (nSPS) is 21.8. The molecule has 0 N–H and O–H groups in total. The Morgan fingerprint density at radius 2 is 2.12 bits per heavy atom. The Balaban J connectivity index is 2.45. The number of fused-ring (bicyclic) bond motifs is 1. The summed E-state index contributed by atoms with van der Waals surface area (Å²) in [5, 5.41) is 0. The van der Waals surface area contributed by atoms with E-state index < -0.39 is 10.0 Å². The molecule has 0 aliphatic carbocycles. The van der Waals surface area contributed by atoms with Gasteiger partial charge in [-0.2, -0.15) is 4.31 Å². The van der Waals surface area contributed by atoms with Gasteiger partial charge >= 0.3 is 0 Å². The molecule has 0 saturated carbocycles. The number of sulfonamides is 1. The van der Waals surface area contributed by atoms with E-state index in [2.05, 4.69) is 0 Å². The second kappa shape index (κ2) is 4.35. The molecule has 0 saturated heterocycles. The van der Waals surface area contributed by atoms with Crippen molar-refractivity contribution in [2.24, 2.45) is 0 Å². The quantitative estimate of drug-likeness (QED) is 0.760. The maximum absolute atomic E-state index is 11.6. The van der Waals surface area contributed by atoms with Crippen molar-refractivity contribution in [3.05, 3.63) is 35.4 Å². The fourth-order valence-electron chi connectivity index (χ4n) is 2.19. The predicted molar refractivity (Wildman–Crippen MR) is 65.2 cm³/mol. The summed E-state index contributed by atoms with van der Waals surface area (Å²) in [6.07, 6.45) is 2.00. The Kier molecular flexibility index (Phi) is 3.24. The molecule has 0 spiro atoms. The van der Waals surface area contributed by atoms with E-state index in [0.29, 0.717) is 12.4 Å². The molecule has 1 aliphatic rings. The molecule has 88 valence electrons. The van der Waals surface area contributed by atoms with Gasteiger partial charge < -0.3 is 0 Å². The van der Waals surface area contributed by atoms with Gasteiger partial charge in [0.15, 0.2) is 0 Å². The van der Waals surface area contributed by atoms with Gasteiger partial charge in [0, 0.05) is 12.4 Å². The van der Waals surface area contributed by atoms with Crippen molar-refractivity contribution in [1.82, 2.24) is 4.31 Å². The van der Waals surface area contributed by atoms with Crippen molar-refractivity contribution < 1.29 is 8.42 Å². The van der Waals surface area contributed by atoms with Gasteiger partial charge in [0.2, 0.25) is 10.0 Å². The topological polar surface area (TPSA) is 37.4 Å². The van der Waals surface area contributed by atoms with Gasteiger partial charge in [-0.3, -0.25) is 0 Å². The molecule has 1 heterocycles. The van der Waals surface area contributed by atoms with Crippen molar-refractivity contribution >= 4 is 21.6 Å². The summed E-state index contributed by atoms with van der Waals surface area (Å²) in [6, 6.07) is 7.67. The second-order valence-electron chi connectivity index (χ2n) is 3.99. The number of rotatable bonds is 2. The summed E-state index contributed by atoms with van der Waals surface area (Å²) in [5.74, 6) is 0.296. The summed E-state index contributed by atoms with van der Waals surface area (Å²) < 4.78 is 24.8. The molecule has 2 rings (SSSR count). The van der Waals surface area contributed by atoms with Gasteiger partial charge in [0.05, 0.1) is 12.3 Å². The van der Waals surface area contributed by atoms with Gasteiger partial charge in [-0.25, -0.2) is 8.42 Å². The molecule has 1 aromatic rings. The maximum Gasteiger partial charge on any atom is 0.211 e. The molecule has 1 atom stereocenters. The Morgan fingerprint density at radius 1 is 1.44 bits per heavy atom. The summed E-state index contributed by atoms with van der Waals surface area (Å²) in [4.78, 5) is 0. The molecule has 1 aliphatic heterocycles. The minimum Gasteiger partial charge on any atom is -0.212 e. The molecule has 0 aromatic heterocycles. The lowest BCUT2D eigenvalue weighted by molar-refractivity contribution is 0.332. The van der Waals surface area contributed by atoms with Crippen LogP contribution < -0.4 is 0 Å². The molecule has 5 heteroatoms. The monoisotopic (exact) mass is 259 g/mol. The highest BCUT2D eigenvalue weighted by molar-refractivity contribution is 7.88. The molecule has 16 heavy (non-hydrogen) atoms. The third-order valence-electron chi connectivity index (χ3n) is 2.94. The lowest BCUT2D eigenvalue weighted by Gasteiger charge is -2.34. The first-order chi connectivity index (χ1) is 7.54. The minimum absolute atomic E-state index is 0.221. The van der Waals surface area contributed by atoms with E-state index >= 15 is 0 Å². The zero-order valence-corrected chi connectivity index (χ0v) is 10.6. The first-order valence-corrected chi connectivity index (χ1v) is 7.53. The minimum atomic E-state index is -3.18. The van der Waals surface area contributed by atoms with Crippen molar-refractivity contribution in [1.29, 1.82) is 0 Å². The van der Waals surface area contributed by atoms with Crippen molar-refractivity contribution in [2.75, 3.05) is 18.7 Å². The van der Waals surface area contributed by atoms with Crippen molar-refractivity contribution in [2.45, 2.75) is 12.5 Å². The van der Waals surface area contributed by atoms with Crippen molar-refractivity contribution in [3.63, 3.8) is 0 Å². The fraction of sp³-hybridized carbons (Fsp3) is 0.455. The number of benzene rings is 1. The lowest BCUT2D eigenvalue weighted by Crippen LogP contribution is -2.40. The summed E-state index contributed by atoms with van der Waals surface area (Å²) in [7, 11) is -3.18. The van der Waals surface area contributed by atoms with Crippen LogP contribution in [0, 0.1) is 0 Å². The van der Waals surface area contributed by atoms with Gasteiger partial charge in [-0.15, -0.1) is 11.6 Å². The van der Waals surface area contributed by atoms with Crippen molar-refractivity contribution in [3.8, 4) is 0 Å². The highest BCUT2D eigenvalue weighted by atomic mass is 35.5. The van der Waals surface area contributed by atoms with E-state index in [1.807, 2.05) is 24.3 Å². The molecule has 1 aromatic carbocycles. The number of alkyl halides is 1. The van der Waals surface area contributed by atoms with Crippen LogP contribution in [0.5, 0.6) is 0 Å². The number of halogens is 1. The summed E-state index contributed by atoms with van der Waals surface area (Å²) in [6.45, 7) is 0.521. The highest BCUT2D eigenvalue weighted by Crippen LogP contribution is 2.31. The van der Waals surface area contributed by atoms with E-state index in [4.69, 9.17) is 11.6 Å². The number of hydrogen-bond donors (Lipinski definition) is 0. The SMILES string of the molecule is CS(=O)(=O)N1CCc2ccccc2C1CCl. The Morgan fingerprint density at radius 3 is 2.75 bits per heavy atom. The number of hydrogen-bond acceptors (Lipinski definition) is 2. The van der Waals surface area contributed by atoms with Crippen LogP contribution in [0.4, 0.5) is 0 Å². The van der Waals surface area contributed by atoms with Crippen LogP contribution in [0.25, 0.3) is 0 Å². The smallest absolute Gasteiger partial charge is 0.211 e. The molecule has 0 bridgehead atoms. The largest absolute Gasteiger partial charge is 0.212 e. The summed E-state index contributed by atoms with van der Waals surface area (Å²) in [5.41, 5.74) is 2.24. The van der Waals surface area contributed by atoms with Gasteiger partial charge in [-0.05, 0) is 17.5 Å². The molecular formula is C11H14ClNO2S. The van der Waals surface area contributed by atoms with Crippen LogP contribution in [0.1, 0.15) is 17.2 Å². The van der Waals surface area contributed by atoms with Crippen LogP contribution in [0.2, 0.25) is 0 Å². The Labute approximate surface area is 101 Å². The first kappa shape index (κ1) is 11.9.